The van der Waals surface area contributed by atoms with Crippen molar-refractivity contribution < 1.29 is 0 Å². The molecule has 0 aliphatic heterocycles. The van der Waals surface area contributed by atoms with Gasteiger partial charge in [0.25, 0.3) is 0 Å². The molecule has 0 heteroatoms. The van der Waals surface area contributed by atoms with Crippen LogP contribution in [-0.2, 0) is 0 Å². The summed E-state index contributed by atoms with van der Waals surface area (Å²) >= 11 is 0. The van der Waals surface area contributed by atoms with Crippen LogP contribution in [0.3, 0.4) is 0 Å². The summed E-state index contributed by atoms with van der Waals surface area (Å²) < 4.78 is 0. The maximum absolute atomic E-state index is 2.43. The van der Waals surface area contributed by atoms with Gasteiger partial charge in [-0.2, -0.15) is 0 Å². The third kappa shape index (κ3) is 1.11. The molecule has 2 saturated carbocycles. The molecule has 0 aromatic rings. The average molecular weight is 166 g/mol. The van der Waals surface area contributed by atoms with Gasteiger partial charge in [-0.05, 0) is 42.4 Å². The van der Waals surface area contributed by atoms with Crippen molar-refractivity contribution in [1.82, 2.24) is 0 Å². The van der Waals surface area contributed by atoms with Crippen molar-refractivity contribution in [2.24, 2.45) is 16.7 Å². The highest BCUT2D eigenvalue weighted by Crippen LogP contribution is 2.62. The van der Waals surface area contributed by atoms with Crippen LogP contribution >= 0.6 is 0 Å². The van der Waals surface area contributed by atoms with E-state index in [4.69, 9.17) is 0 Å². The van der Waals surface area contributed by atoms with Gasteiger partial charge < -0.3 is 0 Å². The predicted molar refractivity (Wildman–Crippen MR) is 53.1 cm³/mol. The molecule has 1 spiro atoms. The van der Waals surface area contributed by atoms with Crippen molar-refractivity contribution in [2.75, 3.05) is 0 Å². The molecule has 0 aromatic heterocycles. The van der Waals surface area contributed by atoms with Crippen LogP contribution in [0, 0.1) is 16.7 Å². The SMILES string of the molecule is CC(C)(C)C1CCC12CCCC2. The fourth-order valence-electron chi connectivity index (χ4n) is 3.73. The molecule has 70 valence electrons. The molecular formula is C12H22. The van der Waals surface area contributed by atoms with Crippen molar-refractivity contribution in [1.29, 1.82) is 0 Å². The highest BCUT2D eigenvalue weighted by molar-refractivity contribution is 5.02. The Morgan fingerprint density at radius 3 is 1.92 bits per heavy atom. The Labute approximate surface area is 76.7 Å². The molecule has 0 amide bonds. The molecule has 2 aliphatic carbocycles. The van der Waals surface area contributed by atoms with Crippen molar-refractivity contribution >= 4 is 0 Å². The van der Waals surface area contributed by atoms with Crippen LogP contribution in [0.25, 0.3) is 0 Å². The predicted octanol–water partition coefficient (Wildman–Crippen LogP) is 4.00. The van der Waals surface area contributed by atoms with Gasteiger partial charge in [-0.3, -0.25) is 0 Å². The van der Waals surface area contributed by atoms with E-state index in [1.54, 1.807) is 0 Å². The van der Waals surface area contributed by atoms with E-state index in [2.05, 4.69) is 20.8 Å². The summed E-state index contributed by atoms with van der Waals surface area (Å²) in [5.41, 5.74) is 1.39. The summed E-state index contributed by atoms with van der Waals surface area (Å²) in [5.74, 6) is 1.03. The highest BCUT2D eigenvalue weighted by atomic mass is 14.6. The van der Waals surface area contributed by atoms with E-state index in [0.717, 1.165) is 11.3 Å². The van der Waals surface area contributed by atoms with Crippen molar-refractivity contribution in [3.63, 3.8) is 0 Å². The van der Waals surface area contributed by atoms with Gasteiger partial charge >= 0.3 is 0 Å². The van der Waals surface area contributed by atoms with Gasteiger partial charge in [0.2, 0.25) is 0 Å². The lowest BCUT2D eigenvalue weighted by Gasteiger charge is -2.54. The van der Waals surface area contributed by atoms with E-state index in [-0.39, 0.29) is 0 Å². The molecule has 1 atom stereocenters. The van der Waals surface area contributed by atoms with Gasteiger partial charge in [0.15, 0.2) is 0 Å². The zero-order valence-electron chi connectivity index (χ0n) is 8.82. The minimum atomic E-state index is 0.572. The van der Waals surface area contributed by atoms with E-state index in [1.807, 2.05) is 0 Å². The maximum Gasteiger partial charge on any atom is -0.0264 e. The van der Waals surface area contributed by atoms with Gasteiger partial charge in [0, 0.05) is 0 Å². The van der Waals surface area contributed by atoms with Crippen molar-refractivity contribution in [3.8, 4) is 0 Å². The largest absolute Gasteiger partial charge is 0.0599 e. The van der Waals surface area contributed by atoms with Crippen LogP contribution in [0.2, 0.25) is 0 Å². The zero-order valence-corrected chi connectivity index (χ0v) is 8.82. The first-order valence-electron chi connectivity index (χ1n) is 5.55. The lowest BCUT2D eigenvalue weighted by molar-refractivity contribution is -0.0410. The summed E-state index contributed by atoms with van der Waals surface area (Å²) in [7, 11) is 0. The minimum Gasteiger partial charge on any atom is -0.0599 e. The lowest BCUT2D eigenvalue weighted by Crippen LogP contribution is -2.45. The molecule has 0 bridgehead atoms. The molecule has 2 fully saturated rings. The fourth-order valence-corrected chi connectivity index (χ4v) is 3.73. The molecular weight excluding hydrogens is 144 g/mol. The summed E-state index contributed by atoms with van der Waals surface area (Å²) in [5, 5.41) is 0. The summed E-state index contributed by atoms with van der Waals surface area (Å²) in [6.45, 7) is 7.28. The number of rotatable bonds is 0. The Kier molecular flexibility index (Phi) is 1.79. The topological polar surface area (TPSA) is 0 Å². The van der Waals surface area contributed by atoms with Gasteiger partial charge in [-0.15, -0.1) is 0 Å². The molecule has 0 saturated heterocycles. The molecule has 0 aromatic carbocycles. The second-order valence-corrected chi connectivity index (χ2v) is 6.03. The van der Waals surface area contributed by atoms with Gasteiger partial charge in [-0.1, -0.05) is 33.6 Å². The fraction of sp³-hybridized carbons (Fsp3) is 1.00. The van der Waals surface area contributed by atoms with E-state index in [0.29, 0.717) is 5.41 Å². The molecule has 0 heterocycles. The second-order valence-electron chi connectivity index (χ2n) is 6.03. The van der Waals surface area contributed by atoms with Crippen LogP contribution < -0.4 is 0 Å². The third-order valence-corrected chi connectivity index (χ3v) is 4.31. The average Bonchev–Trinajstić information content (AvgIpc) is 2.28. The molecule has 1 unspecified atom stereocenters. The number of hydrogen-bond donors (Lipinski definition) is 0. The Balaban J connectivity index is 2.09. The van der Waals surface area contributed by atoms with Gasteiger partial charge in [-0.25, -0.2) is 0 Å². The van der Waals surface area contributed by atoms with Crippen LogP contribution in [0.5, 0.6) is 0 Å². The van der Waals surface area contributed by atoms with Crippen LogP contribution in [0.1, 0.15) is 59.3 Å². The molecule has 2 aliphatic rings. The summed E-state index contributed by atoms with van der Waals surface area (Å²) in [6, 6.07) is 0. The molecule has 0 N–H and O–H groups in total. The Morgan fingerprint density at radius 2 is 1.58 bits per heavy atom. The minimum absolute atomic E-state index is 0.572. The summed E-state index contributed by atoms with van der Waals surface area (Å²) in [4.78, 5) is 0. The Hall–Kier alpha value is 0. The van der Waals surface area contributed by atoms with Crippen molar-refractivity contribution in [2.45, 2.75) is 59.3 Å². The maximum atomic E-state index is 2.43. The highest BCUT2D eigenvalue weighted by Gasteiger charge is 2.52. The molecule has 12 heavy (non-hydrogen) atoms. The second kappa shape index (κ2) is 2.49. The number of hydrogen-bond acceptors (Lipinski definition) is 0. The monoisotopic (exact) mass is 166 g/mol. The van der Waals surface area contributed by atoms with Crippen molar-refractivity contribution in [3.05, 3.63) is 0 Å². The first-order chi connectivity index (χ1) is 5.55. The van der Waals surface area contributed by atoms with E-state index in [9.17, 15) is 0 Å². The van der Waals surface area contributed by atoms with E-state index < -0.39 is 0 Å². The first kappa shape index (κ1) is 8.59. The lowest BCUT2D eigenvalue weighted by atomic mass is 9.51. The zero-order chi connectivity index (χ0) is 8.82. The standard InChI is InChI=1S/C12H22/c1-11(2,3)10-6-9-12(10)7-4-5-8-12/h10H,4-9H2,1-3H3. The van der Waals surface area contributed by atoms with Crippen LogP contribution in [0.4, 0.5) is 0 Å². The quantitative estimate of drug-likeness (QED) is 0.510. The first-order valence-corrected chi connectivity index (χ1v) is 5.55. The molecule has 2 rings (SSSR count). The summed E-state index contributed by atoms with van der Waals surface area (Å²) in [6.07, 6.45) is 9.13. The third-order valence-electron chi connectivity index (χ3n) is 4.31. The van der Waals surface area contributed by atoms with Crippen LogP contribution in [-0.4, -0.2) is 0 Å². The van der Waals surface area contributed by atoms with Gasteiger partial charge in [0.05, 0.1) is 0 Å². The Morgan fingerprint density at radius 1 is 1.00 bits per heavy atom. The smallest absolute Gasteiger partial charge is 0.0264 e. The van der Waals surface area contributed by atoms with E-state index in [1.165, 1.54) is 38.5 Å². The van der Waals surface area contributed by atoms with E-state index >= 15 is 0 Å². The van der Waals surface area contributed by atoms with Crippen LogP contribution in [0.15, 0.2) is 0 Å². The normalized spacial score (nSPS) is 33.8. The Bertz CT molecular complexity index is 167. The van der Waals surface area contributed by atoms with Gasteiger partial charge in [0.1, 0.15) is 0 Å². The molecule has 0 radical (unpaired) electrons. The molecule has 0 nitrogen and oxygen atoms in total.